The Hall–Kier alpha value is -1.71. The minimum absolute atomic E-state index is 0.0360. The lowest BCUT2D eigenvalue weighted by molar-refractivity contribution is 0.000720. The van der Waals surface area contributed by atoms with Gasteiger partial charge in [-0.05, 0) is 49.8 Å². The Kier molecular flexibility index (Phi) is 4.30. The Balaban J connectivity index is 2.07. The molecule has 1 aromatic carbocycles. The van der Waals surface area contributed by atoms with Gasteiger partial charge in [0.25, 0.3) is 0 Å². The van der Waals surface area contributed by atoms with E-state index in [-0.39, 0.29) is 12.1 Å². The van der Waals surface area contributed by atoms with Crippen LogP contribution < -0.4 is 11.5 Å². The molecule has 0 amide bonds. The predicted molar refractivity (Wildman–Crippen MR) is 76.7 cm³/mol. The zero-order valence-electron chi connectivity index (χ0n) is 11.4. The van der Waals surface area contributed by atoms with Crippen molar-refractivity contribution in [3.8, 4) is 0 Å². The molecule has 19 heavy (non-hydrogen) atoms. The Morgan fingerprint density at radius 1 is 1.21 bits per heavy atom. The number of esters is 1. The van der Waals surface area contributed by atoms with Crippen molar-refractivity contribution in [2.24, 2.45) is 5.92 Å². The number of nitrogen functional groups attached to an aromatic ring is 2. The van der Waals surface area contributed by atoms with Crippen LogP contribution in [0.5, 0.6) is 0 Å². The molecule has 2 atom stereocenters. The summed E-state index contributed by atoms with van der Waals surface area (Å²) < 4.78 is 5.64. The second-order valence-corrected chi connectivity index (χ2v) is 5.28. The summed E-state index contributed by atoms with van der Waals surface area (Å²) in [6, 6.07) is 4.86. The molecule has 0 aliphatic heterocycles. The van der Waals surface area contributed by atoms with Crippen LogP contribution in [0.3, 0.4) is 0 Å². The minimum atomic E-state index is -0.315. The molecule has 1 fully saturated rings. The second kappa shape index (κ2) is 5.95. The minimum Gasteiger partial charge on any atom is -0.458 e. The third-order valence-electron chi connectivity index (χ3n) is 3.84. The van der Waals surface area contributed by atoms with Crippen LogP contribution >= 0.6 is 0 Å². The third-order valence-corrected chi connectivity index (χ3v) is 3.84. The highest BCUT2D eigenvalue weighted by Gasteiger charge is 2.27. The molecule has 2 rings (SSSR count). The number of anilines is 2. The largest absolute Gasteiger partial charge is 0.458 e. The molecule has 1 aliphatic rings. The van der Waals surface area contributed by atoms with Crippen molar-refractivity contribution in [1.29, 1.82) is 0 Å². The van der Waals surface area contributed by atoms with Gasteiger partial charge in [0.05, 0.1) is 5.56 Å². The molecule has 1 aliphatic carbocycles. The quantitative estimate of drug-likeness (QED) is 0.648. The molecule has 0 spiro atoms. The summed E-state index contributed by atoms with van der Waals surface area (Å²) in [5.74, 6) is 0.167. The average molecular weight is 262 g/mol. The van der Waals surface area contributed by atoms with E-state index in [1.807, 2.05) is 0 Å². The van der Waals surface area contributed by atoms with Gasteiger partial charge in [-0.15, -0.1) is 0 Å². The molecule has 2 unspecified atom stereocenters. The van der Waals surface area contributed by atoms with Gasteiger partial charge < -0.3 is 16.2 Å². The first-order valence-corrected chi connectivity index (χ1v) is 6.97. The van der Waals surface area contributed by atoms with Gasteiger partial charge in [0.1, 0.15) is 6.10 Å². The topological polar surface area (TPSA) is 78.3 Å². The van der Waals surface area contributed by atoms with Crippen LogP contribution in [-0.2, 0) is 4.74 Å². The normalized spacial score (nSPS) is 23.0. The SMILES string of the molecule is CCC1CCCCC1OC(=O)c1cc(N)cc(N)c1. The number of rotatable bonds is 3. The van der Waals surface area contributed by atoms with Gasteiger partial charge in [-0.1, -0.05) is 13.3 Å². The fraction of sp³-hybridized carbons (Fsp3) is 0.533. The zero-order valence-corrected chi connectivity index (χ0v) is 11.4. The zero-order chi connectivity index (χ0) is 13.8. The van der Waals surface area contributed by atoms with E-state index in [1.165, 1.54) is 6.42 Å². The summed E-state index contributed by atoms with van der Waals surface area (Å²) >= 11 is 0. The van der Waals surface area contributed by atoms with Gasteiger partial charge in [0.2, 0.25) is 0 Å². The van der Waals surface area contributed by atoms with E-state index in [0.29, 0.717) is 22.9 Å². The van der Waals surface area contributed by atoms with E-state index in [9.17, 15) is 4.79 Å². The van der Waals surface area contributed by atoms with Crippen LogP contribution in [-0.4, -0.2) is 12.1 Å². The molecule has 4 heteroatoms. The highest BCUT2D eigenvalue weighted by Crippen LogP contribution is 2.30. The number of hydrogen-bond donors (Lipinski definition) is 2. The van der Waals surface area contributed by atoms with Crippen molar-refractivity contribution in [2.75, 3.05) is 11.5 Å². The summed E-state index contributed by atoms with van der Waals surface area (Å²) in [5.41, 5.74) is 12.8. The molecule has 0 bridgehead atoms. The Labute approximate surface area is 114 Å². The smallest absolute Gasteiger partial charge is 0.338 e. The Bertz CT molecular complexity index is 439. The summed E-state index contributed by atoms with van der Waals surface area (Å²) in [5, 5.41) is 0. The molecule has 1 saturated carbocycles. The molecule has 1 aromatic rings. The molecule has 0 heterocycles. The fourth-order valence-electron chi connectivity index (χ4n) is 2.80. The number of benzene rings is 1. The highest BCUT2D eigenvalue weighted by atomic mass is 16.5. The molecule has 104 valence electrons. The average Bonchev–Trinajstić information content (AvgIpc) is 2.38. The molecule has 4 N–H and O–H groups in total. The van der Waals surface area contributed by atoms with Gasteiger partial charge in [-0.2, -0.15) is 0 Å². The summed E-state index contributed by atoms with van der Waals surface area (Å²) in [6.45, 7) is 2.15. The van der Waals surface area contributed by atoms with Crippen LogP contribution in [0.2, 0.25) is 0 Å². The van der Waals surface area contributed by atoms with Crippen molar-refractivity contribution in [3.63, 3.8) is 0 Å². The lowest BCUT2D eigenvalue weighted by Crippen LogP contribution is -2.29. The van der Waals surface area contributed by atoms with Crippen molar-refractivity contribution in [1.82, 2.24) is 0 Å². The number of carbonyl (C=O) groups excluding carboxylic acids is 1. The van der Waals surface area contributed by atoms with Crippen LogP contribution in [0.4, 0.5) is 11.4 Å². The molecule has 0 saturated heterocycles. The van der Waals surface area contributed by atoms with Gasteiger partial charge in [0, 0.05) is 11.4 Å². The van der Waals surface area contributed by atoms with Crippen LogP contribution in [0, 0.1) is 5.92 Å². The Morgan fingerprint density at radius 3 is 2.47 bits per heavy atom. The highest BCUT2D eigenvalue weighted by molar-refractivity contribution is 5.91. The van der Waals surface area contributed by atoms with Gasteiger partial charge in [0.15, 0.2) is 0 Å². The predicted octanol–water partition coefficient (Wildman–Crippen LogP) is 2.98. The number of ether oxygens (including phenoxy) is 1. The van der Waals surface area contributed by atoms with Gasteiger partial charge in [-0.25, -0.2) is 4.79 Å². The summed E-state index contributed by atoms with van der Waals surface area (Å²) in [7, 11) is 0. The first-order valence-electron chi connectivity index (χ1n) is 6.97. The van der Waals surface area contributed by atoms with E-state index in [4.69, 9.17) is 16.2 Å². The molecular weight excluding hydrogens is 240 g/mol. The van der Waals surface area contributed by atoms with Crippen LogP contribution in [0.15, 0.2) is 18.2 Å². The number of carbonyl (C=O) groups is 1. The van der Waals surface area contributed by atoms with Crippen molar-refractivity contribution >= 4 is 17.3 Å². The van der Waals surface area contributed by atoms with Gasteiger partial charge in [-0.3, -0.25) is 0 Å². The van der Waals surface area contributed by atoms with E-state index < -0.39 is 0 Å². The molecule has 0 radical (unpaired) electrons. The van der Waals surface area contributed by atoms with Crippen LogP contribution in [0.25, 0.3) is 0 Å². The summed E-state index contributed by atoms with van der Waals surface area (Å²) in [6.07, 6.45) is 5.56. The first-order chi connectivity index (χ1) is 9.10. The van der Waals surface area contributed by atoms with E-state index in [1.54, 1.807) is 18.2 Å². The molecular formula is C15H22N2O2. The number of nitrogens with two attached hydrogens (primary N) is 2. The number of hydrogen-bond acceptors (Lipinski definition) is 4. The first kappa shape index (κ1) is 13.7. The van der Waals surface area contributed by atoms with Crippen molar-refractivity contribution in [2.45, 2.75) is 45.1 Å². The van der Waals surface area contributed by atoms with Crippen molar-refractivity contribution in [3.05, 3.63) is 23.8 Å². The lowest BCUT2D eigenvalue weighted by atomic mass is 9.85. The third kappa shape index (κ3) is 3.40. The van der Waals surface area contributed by atoms with Gasteiger partial charge >= 0.3 is 5.97 Å². The Morgan fingerprint density at radius 2 is 1.84 bits per heavy atom. The maximum absolute atomic E-state index is 12.1. The maximum Gasteiger partial charge on any atom is 0.338 e. The maximum atomic E-state index is 12.1. The van der Waals surface area contributed by atoms with E-state index in [0.717, 1.165) is 25.7 Å². The van der Waals surface area contributed by atoms with Crippen LogP contribution in [0.1, 0.15) is 49.4 Å². The van der Waals surface area contributed by atoms with Crippen molar-refractivity contribution < 1.29 is 9.53 Å². The second-order valence-electron chi connectivity index (χ2n) is 5.28. The standard InChI is InChI=1S/C15H22N2O2/c1-2-10-5-3-4-6-14(10)19-15(18)11-7-12(16)9-13(17)8-11/h7-10,14H,2-6,16-17H2,1H3. The monoisotopic (exact) mass is 262 g/mol. The lowest BCUT2D eigenvalue weighted by Gasteiger charge is -2.30. The molecule has 4 nitrogen and oxygen atoms in total. The van der Waals surface area contributed by atoms with E-state index in [2.05, 4.69) is 6.92 Å². The summed E-state index contributed by atoms with van der Waals surface area (Å²) in [4.78, 5) is 12.1. The van der Waals surface area contributed by atoms with E-state index >= 15 is 0 Å². The fourth-order valence-corrected chi connectivity index (χ4v) is 2.80. The molecule has 0 aromatic heterocycles.